The molecule has 2 N–H and O–H groups in total. The Labute approximate surface area is 116 Å². The lowest BCUT2D eigenvalue weighted by molar-refractivity contribution is 0.394. The van der Waals surface area contributed by atoms with Crippen LogP contribution < -0.4 is 4.74 Å². The van der Waals surface area contributed by atoms with Crippen LogP contribution in [0.5, 0.6) is 17.5 Å². The first-order valence-electron chi connectivity index (χ1n) is 6.70. The number of aromatic nitrogens is 1. The number of rotatable bonds is 2. The van der Waals surface area contributed by atoms with Crippen molar-refractivity contribution in [3.63, 3.8) is 0 Å². The van der Waals surface area contributed by atoms with Crippen LogP contribution in [0.3, 0.4) is 0 Å². The van der Waals surface area contributed by atoms with Gasteiger partial charge in [-0.25, -0.2) is 0 Å². The van der Waals surface area contributed by atoms with E-state index in [0.29, 0.717) is 0 Å². The van der Waals surface area contributed by atoms with Crippen LogP contribution in [0.25, 0.3) is 5.69 Å². The summed E-state index contributed by atoms with van der Waals surface area (Å²) in [6, 6.07) is 7.27. The second-order valence-corrected chi connectivity index (χ2v) is 5.34. The van der Waals surface area contributed by atoms with Gasteiger partial charge in [0.2, 0.25) is 11.8 Å². The monoisotopic (exact) mass is 269 g/mol. The molecule has 0 saturated heterocycles. The molecular formula is C16H15NO3. The molecule has 0 aliphatic heterocycles. The van der Waals surface area contributed by atoms with Gasteiger partial charge < -0.3 is 14.9 Å². The first kappa shape index (κ1) is 11.5. The van der Waals surface area contributed by atoms with E-state index in [4.69, 9.17) is 4.74 Å². The van der Waals surface area contributed by atoms with Crippen molar-refractivity contribution >= 4 is 0 Å². The van der Waals surface area contributed by atoms with Gasteiger partial charge in [-0.15, -0.1) is 0 Å². The van der Waals surface area contributed by atoms with Gasteiger partial charge in [0.15, 0.2) is 0 Å². The zero-order chi connectivity index (χ0) is 13.9. The van der Waals surface area contributed by atoms with Gasteiger partial charge in [-0.1, -0.05) is 12.2 Å². The van der Waals surface area contributed by atoms with Gasteiger partial charge in [0.1, 0.15) is 5.75 Å². The maximum Gasteiger partial charge on any atom is 0.202 e. The van der Waals surface area contributed by atoms with Crippen LogP contribution in [-0.4, -0.2) is 21.9 Å². The van der Waals surface area contributed by atoms with Crippen LogP contribution in [0.4, 0.5) is 0 Å². The van der Waals surface area contributed by atoms with Gasteiger partial charge in [0.25, 0.3) is 0 Å². The van der Waals surface area contributed by atoms with E-state index in [1.54, 1.807) is 7.11 Å². The highest BCUT2D eigenvalue weighted by molar-refractivity contribution is 5.62. The molecule has 4 heteroatoms. The maximum atomic E-state index is 10.5. The highest BCUT2D eigenvalue weighted by Gasteiger charge is 2.41. The normalized spacial score (nSPS) is 22.2. The summed E-state index contributed by atoms with van der Waals surface area (Å²) in [5, 5.41) is 20.9. The Hall–Kier alpha value is -2.36. The molecule has 1 heterocycles. The molecule has 4 rings (SSSR count). The maximum absolute atomic E-state index is 10.5. The van der Waals surface area contributed by atoms with E-state index < -0.39 is 0 Å². The lowest BCUT2D eigenvalue weighted by Gasteiger charge is -2.10. The molecule has 2 unspecified atom stereocenters. The molecule has 2 aliphatic carbocycles. The fraction of sp³-hybridized carbons (Fsp3) is 0.250. The number of hydrogen-bond acceptors (Lipinski definition) is 3. The van der Waals surface area contributed by atoms with Gasteiger partial charge in [-0.05, 0) is 30.7 Å². The van der Waals surface area contributed by atoms with E-state index in [2.05, 4.69) is 12.2 Å². The molecular weight excluding hydrogens is 254 g/mol. The third-order valence-corrected chi connectivity index (χ3v) is 4.35. The Morgan fingerprint density at radius 3 is 2.05 bits per heavy atom. The van der Waals surface area contributed by atoms with Crippen LogP contribution >= 0.6 is 0 Å². The van der Waals surface area contributed by atoms with Gasteiger partial charge in [0, 0.05) is 23.0 Å². The molecule has 0 amide bonds. The van der Waals surface area contributed by atoms with E-state index in [1.807, 2.05) is 24.3 Å². The minimum atomic E-state index is 0.152. The highest BCUT2D eigenvalue weighted by atomic mass is 16.5. The summed E-state index contributed by atoms with van der Waals surface area (Å²) >= 11 is 0. The summed E-state index contributed by atoms with van der Waals surface area (Å²) in [6.45, 7) is 0. The topological polar surface area (TPSA) is 54.6 Å². The fourth-order valence-corrected chi connectivity index (χ4v) is 3.42. The number of hydrogen-bond donors (Lipinski definition) is 2. The first-order chi connectivity index (χ1) is 9.70. The van der Waals surface area contributed by atoms with Crippen molar-refractivity contribution in [3.8, 4) is 23.2 Å². The van der Waals surface area contributed by atoms with Crippen molar-refractivity contribution in [1.82, 2.24) is 4.57 Å². The zero-order valence-corrected chi connectivity index (χ0v) is 11.1. The van der Waals surface area contributed by atoms with E-state index in [0.717, 1.165) is 29.0 Å². The number of aromatic hydroxyl groups is 2. The smallest absolute Gasteiger partial charge is 0.202 e. The number of nitrogens with zero attached hydrogens (tertiary/aromatic N) is 1. The third-order valence-electron chi connectivity index (χ3n) is 4.35. The summed E-state index contributed by atoms with van der Waals surface area (Å²) in [6.07, 6.45) is 5.20. The average Bonchev–Trinajstić information content (AvgIpc) is 3.14. The lowest BCUT2D eigenvalue weighted by Crippen LogP contribution is -1.95. The van der Waals surface area contributed by atoms with E-state index in [-0.39, 0.29) is 23.6 Å². The second-order valence-electron chi connectivity index (χ2n) is 5.34. The molecule has 1 aromatic heterocycles. The van der Waals surface area contributed by atoms with Crippen molar-refractivity contribution < 1.29 is 14.9 Å². The highest BCUT2D eigenvalue weighted by Crippen LogP contribution is 2.57. The third kappa shape index (κ3) is 1.31. The summed E-state index contributed by atoms with van der Waals surface area (Å²) in [5.74, 6) is 1.52. The number of fused-ring (bicyclic) bond motifs is 5. The molecule has 2 aliphatic rings. The van der Waals surface area contributed by atoms with Gasteiger partial charge >= 0.3 is 0 Å². The molecule has 20 heavy (non-hydrogen) atoms. The summed E-state index contributed by atoms with van der Waals surface area (Å²) in [5.41, 5.74) is 2.49. The Balaban J connectivity index is 1.87. The fourth-order valence-electron chi connectivity index (χ4n) is 3.42. The number of benzene rings is 1. The minimum Gasteiger partial charge on any atom is -0.497 e. The van der Waals surface area contributed by atoms with E-state index >= 15 is 0 Å². The van der Waals surface area contributed by atoms with Crippen molar-refractivity contribution in [2.24, 2.45) is 0 Å². The van der Waals surface area contributed by atoms with Gasteiger partial charge in [0.05, 0.1) is 12.8 Å². The molecule has 0 saturated carbocycles. The predicted octanol–water partition coefficient (Wildman–Crippen LogP) is 3.04. The molecule has 0 spiro atoms. The largest absolute Gasteiger partial charge is 0.497 e. The Kier molecular flexibility index (Phi) is 2.19. The van der Waals surface area contributed by atoms with Gasteiger partial charge in [-0.2, -0.15) is 0 Å². The Morgan fingerprint density at radius 2 is 1.55 bits per heavy atom. The van der Waals surface area contributed by atoms with Crippen molar-refractivity contribution in [1.29, 1.82) is 0 Å². The molecule has 1 aromatic carbocycles. The molecule has 2 aromatic rings. The standard InChI is InChI=1S/C16H15NO3/c1-20-12-6-4-11(5-7-12)17-15(18)13-9-2-3-10(8-9)14(13)16(17)19/h2-7,9-10,18-19H,8H2,1H3. The Morgan fingerprint density at radius 1 is 1.00 bits per heavy atom. The zero-order valence-electron chi connectivity index (χ0n) is 11.1. The van der Waals surface area contributed by atoms with Crippen molar-refractivity contribution in [3.05, 3.63) is 47.5 Å². The van der Waals surface area contributed by atoms with Gasteiger partial charge in [-0.3, -0.25) is 4.57 Å². The SMILES string of the molecule is COc1ccc(-n2c(O)c3c(c2O)C2C=CC3C2)cc1. The van der Waals surface area contributed by atoms with Crippen molar-refractivity contribution in [2.45, 2.75) is 18.3 Å². The van der Waals surface area contributed by atoms with Crippen LogP contribution in [0, 0.1) is 0 Å². The summed E-state index contributed by atoms with van der Waals surface area (Å²) in [4.78, 5) is 0. The van der Waals surface area contributed by atoms with E-state index in [9.17, 15) is 10.2 Å². The predicted molar refractivity (Wildman–Crippen MR) is 74.9 cm³/mol. The lowest BCUT2D eigenvalue weighted by atomic mass is 10.0. The number of ether oxygens (including phenoxy) is 1. The van der Waals surface area contributed by atoms with E-state index in [1.165, 1.54) is 4.57 Å². The molecule has 4 nitrogen and oxygen atoms in total. The van der Waals surface area contributed by atoms with Crippen LogP contribution in [0.15, 0.2) is 36.4 Å². The molecule has 102 valence electrons. The second kappa shape index (κ2) is 3.82. The average molecular weight is 269 g/mol. The molecule has 2 atom stereocenters. The number of allylic oxidation sites excluding steroid dienone is 2. The molecule has 2 bridgehead atoms. The summed E-state index contributed by atoms with van der Waals surface area (Å²) < 4.78 is 6.64. The van der Waals surface area contributed by atoms with Crippen LogP contribution in [0.1, 0.15) is 29.4 Å². The molecule has 0 fully saturated rings. The molecule has 0 radical (unpaired) electrons. The first-order valence-corrected chi connectivity index (χ1v) is 6.70. The van der Waals surface area contributed by atoms with Crippen molar-refractivity contribution in [2.75, 3.05) is 7.11 Å². The number of methoxy groups -OCH3 is 1. The summed E-state index contributed by atoms with van der Waals surface area (Å²) in [7, 11) is 1.61. The minimum absolute atomic E-state index is 0.152. The Bertz CT molecular complexity index is 677. The quantitative estimate of drug-likeness (QED) is 0.824. The van der Waals surface area contributed by atoms with Crippen LogP contribution in [0.2, 0.25) is 0 Å². The van der Waals surface area contributed by atoms with Crippen LogP contribution in [-0.2, 0) is 0 Å².